The molecular weight excluding hydrogens is 705 g/mol. The summed E-state index contributed by atoms with van der Waals surface area (Å²) in [7, 11) is 0. The molecule has 7 aromatic carbocycles. The molecule has 0 amide bonds. The first-order valence-corrected chi connectivity index (χ1v) is 20.6. The standard InChI is InChI=1S/C54H44N4/c1-53(2)39-21-5-7-25-43(39)57-47-29-11-9-27-45(47)55(49-31-15-23-41(53)51(49)57)37-19-13-17-35(33-37)36-18-14-20-38(34-36)56-46-28-10-12-30-48(46)58-44-26-8-6-22-40(44)54(3,4)42-24-16-32-50(56)52(42)58/h5-34,41,51H,1-4H3. The first-order chi connectivity index (χ1) is 28.3. The fraction of sp³-hybridized carbons (Fsp3) is 0.148. The third-order valence-corrected chi connectivity index (χ3v) is 13.7. The zero-order chi connectivity index (χ0) is 38.9. The van der Waals surface area contributed by atoms with Gasteiger partial charge in [0.15, 0.2) is 0 Å². The molecule has 0 fully saturated rings. The smallest absolute Gasteiger partial charge is 0.0818 e. The summed E-state index contributed by atoms with van der Waals surface area (Å²) in [6.07, 6.45) is 7.07. The predicted octanol–water partition coefficient (Wildman–Crippen LogP) is 14.3. The van der Waals surface area contributed by atoms with Crippen molar-refractivity contribution in [3.05, 3.63) is 204 Å². The molecule has 5 aliphatic rings. The summed E-state index contributed by atoms with van der Waals surface area (Å²) in [6, 6.07) is 61.0. The van der Waals surface area contributed by atoms with Gasteiger partial charge in [0.05, 0.1) is 45.9 Å². The number of hydrogen-bond donors (Lipinski definition) is 0. The average molecular weight is 749 g/mol. The Morgan fingerprint density at radius 1 is 0.431 bits per heavy atom. The second-order valence-electron chi connectivity index (χ2n) is 17.5. The molecule has 0 saturated carbocycles. The molecule has 12 rings (SSSR count). The quantitative estimate of drug-likeness (QED) is 0.178. The Hall–Kier alpha value is -6.78. The SMILES string of the molecule is CC1(C)c2ccccc2N2c3ccccc3N(c3cccc(-c4cccc(N5C6=CC=CC7C6N(c6ccccc65)c5ccccc5C7(C)C)c4)c3)c3cccc1c32. The van der Waals surface area contributed by atoms with E-state index >= 15 is 0 Å². The van der Waals surface area contributed by atoms with Gasteiger partial charge in [-0.25, -0.2) is 0 Å². The lowest BCUT2D eigenvalue weighted by molar-refractivity contribution is 0.320. The first-order valence-electron chi connectivity index (χ1n) is 20.6. The Morgan fingerprint density at radius 3 is 1.66 bits per heavy atom. The minimum absolute atomic E-state index is 0.0325. The molecule has 0 saturated heterocycles. The summed E-state index contributed by atoms with van der Waals surface area (Å²) in [5.74, 6) is 0.309. The summed E-state index contributed by atoms with van der Waals surface area (Å²) in [5, 5.41) is 0. The van der Waals surface area contributed by atoms with Gasteiger partial charge >= 0.3 is 0 Å². The van der Waals surface area contributed by atoms with Crippen LogP contribution in [0.4, 0.5) is 56.9 Å². The van der Waals surface area contributed by atoms with E-state index in [1.807, 2.05) is 0 Å². The van der Waals surface area contributed by atoms with E-state index in [1.54, 1.807) is 0 Å². The van der Waals surface area contributed by atoms with Crippen LogP contribution in [0.25, 0.3) is 11.1 Å². The Balaban J connectivity index is 0.989. The number of rotatable bonds is 3. The molecule has 2 atom stereocenters. The van der Waals surface area contributed by atoms with Gasteiger partial charge in [-0.3, -0.25) is 0 Å². The molecule has 0 bridgehead atoms. The Kier molecular flexibility index (Phi) is 6.83. The molecule has 58 heavy (non-hydrogen) atoms. The van der Waals surface area contributed by atoms with Gasteiger partial charge in [-0.2, -0.15) is 0 Å². The number of allylic oxidation sites excluding steroid dienone is 2. The Labute approximate surface area is 341 Å². The molecule has 4 heterocycles. The van der Waals surface area contributed by atoms with Gasteiger partial charge in [-0.05, 0) is 101 Å². The van der Waals surface area contributed by atoms with Gasteiger partial charge < -0.3 is 19.6 Å². The van der Waals surface area contributed by atoms with Crippen LogP contribution in [-0.4, -0.2) is 6.04 Å². The van der Waals surface area contributed by atoms with Crippen LogP contribution in [0.3, 0.4) is 0 Å². The van der Waals surface area contributed by atoms with Crippen LogP contribution in [0.5, 0.6) is 0 Å². The number of hydrogen-bond acceptors (Lipinski definition) is 4. The van der Waals surface area contributed by atoms with Crippen LogP contribution in [0.15, 0.2) is 188 Å². The maximum absolute atomic E-state index is 2.61. The van der Waals surface area contributed by atoms with E-state index in [-0.39, 0.29) is 16.9 Å². The number of fused-ring (bicyclic) bond motifs is 8. The lowest BCUT2D eigenvalue weighted by Crippen LogP contribution is -2.56. The van der Waals surface area contributed by atoms with E-state index < -0.39 is 0 Å². The van der Waals surface area contributed by atoms with Gasteiger partial charge in [0.25, 0.3) is 0 Å². The molecular formula is C54H44N4. The van der Waals surface area contributed by atoms with E-state index in [4.69, 9.17) is 0 Å². The van der Waals surface area contributed by atoms with E-state index in [9.17, 15) is 0 Å². The van der Waals surface area contributed by atoms with E-state index in [1.165, 1.54) is 84.7 Å². The number of nitrogens with zero attached hydrogens (tertiary/aromatic N) is 4. The van der Waals surface area contributed by atoms with Crippen molar-refractivity contribution in [3.8, 4) is 11.1 Å². The van der Waals surface area contributed by atoms with Gasteiger partial charge in [-0.15, -0.1) is 0 Å². The van der Waals surface area contributed by atoms with Crippen LogP contribution in [0.2, 0.25) is 0 Å². The van der Waals surface area contributed by atoms with Crippen molar-refractivity contribution >= 4 is 56.9 Å². The van der Waals surface area contributed by atoms with E-state index in [0.717, 1.165) is 5.69 Å². The topological polar surface area (TPSA) is 13.0 Å². The third-order valence-electron chi connectivity index (χ3n) is 13.7. The number of anilines is 10. The fourth-order valence-corrected chi connectivity index (χ4v) is 11.0. The van der Waals surface area contributed by atoms with Gasteiger partial charge in [0.2, 0.25) is 0 Å². The summed E-state index contributed by atoms with van der Waals surface area (Å²) < 4.78 is 0. The molecule has 2 unspecified atom stereocenters. The highest BCUT2D eigenvalue weighted by molar-refractivity contribution is 6.05. The van der Waals surface area contributed by atoms with Crippen molar-refractivity contribution in [1.82, 2.24) is 0 Å². The van der Waals surface area contributed by atoms with Crippen molar-refractivity contribution in [2.75, 3.05) is 19.6 Å². The molecule has 280 valence electrons. The summed E-state index contributed by atoms with van der Waals surface area (Å²) in [6.45, 7) is 9.57. The summed E-state index contributed by atoms with van der Waals surface area (Å²) >= 11 is 0. The molecule has 0 spiro atoms. The maximum Gasteiger partial charge on any atom is 0.0818 e. The molecule has 4 heteroatoms. The average Bonchev–Trinajstić information content (AvgIpc) is 3.26. The highest BCUT2D eigenvalue weighted by atomic mass is 15.3. The van der Waals surface area contributed by atoms with Crippen molar-refractivity contribution in [2.24, 2.45) is 5.92 Å². The van der Waals surface area contributed by atoms with Crippen molar-refractivity contribution in [2.45, 2.75) is 44.6 Å². The maximum atomic E-state index is 2.61. The molecule has 0 aromatic heterocycles. The lowest BCUT2D eigenvalue weighted by atomic mass is 9.63. The minimum Gasteiger partial charge on any atom is -0.330 e. The van der Waals surface area contributed by atoms with Crippen LogP contribution < -0.4 is 19.6 Å². The lowest BCUT2D eigenvalue weighted by Gasteiger charge is -2.57. The molecule has 1 aliphatic carbocycles. The predicted molar refractivity (Wildman–Crippen MR) is 242 cm³/mol. The highest BCUT2D eigenvalue weighted by Gasteiger charge is 2.51. The normalized spacial score (nSPS) is 19.6. The molecule has 4 nitrogen and oxygen atoms in total. The second-order valence-corrected chi connectivity index (χ2v) is 17.5. The zero-order valence-electron chi connectivity index (χ0n) is 33.3. The van der Waals surface area contributed by atoms with Crippen LogP contribution >= 0.6 is 0 Å². The first kappa shape index (κ1) is 33.4. The number of benzene rings is 7. The van der Waals surface area contributed by atoms with Gasteiger partial charge in [-0.1, -0.05) is 137 Å². The van der Waals surface area contributed by atoms with Gasteiger partial charge in [0, 0.05) is 39.5 Å². The third kappa shape index (κ3) is 4.40. The zero-order valence-corrected chi connectivity index (χ0v) is 33.3. The Morgan fingerprint density at radius 2 is 0.948 bits per heavy atom. The van der Waals surface area contributed by atoms with E-state index in [2.05, 4.69) is 229 Å². The van der Waals surface area contributed by atoms with E-state index in [0.29, 0.717) is 5.92 Å². The molecule has 7 aromatic rings. The second kappa shape index (κ2) is 11.9. The summed E-state index contributed by atoms with van der Waals surface area (Å²) in [4.78, 5) is 10.1. The largest absolute Gasteiger partial charge is 0.330 e. The van der Waals surface area contributed by atoms with Gasteiger partial charge in [0.1, 0.15) is 0 Å². The number of para-hydroxylation sites is 7. The molecule has 0 N–H and O–H groups in total. The van der Waals surface area contributed by atoms with Crippen LogP contribution in [0.1, 0.15) is 44.4 Å². The van der Waals surface area contributed by atoms with Crippen molar-refractivity contribution in [1.29, 1.82) is 0 Å². The highest BCUT2D eigenvalue weighted by Crippen LogP contribution is 2.62. The molecule has 0 radical (unpaired) electrons. The fourth-order valence-electron chi connectivity index (χ4n) is 11.0. The minimum atomic E-state index is -0.150. The summed E-state index contributed by atoms with van der Waals surface area (Å²) in [5.41, 5.74) is 19.7. The van der Waals surface area contributed by atoms with Crippen molar-refractivity contribution < 1.29 is 0 Å². The van der Waals surface area contributed by atoms with Crippen LogP contribution in [-0.2, 0) is 10.8 Å². The van der Waals surface area contributed by atoms with Crippen LogP contribution in [0, 0.1) is 5.92 Å². The van der Waals surface area contributed by atoms with Crippen molar-refractivity contribution in [3.63, 3.8) is 0 Å². The molecule has 4 aliphatic heterocycles. The Bertz CT molecular complexity index is 2910. The monoisotopic (exact) mass is 748 g/mol.